The Morgan fingerprint density at radius 3 is 3.00 bits per heavy atom. The van der Waals surface area contributed by atoms with Crippen LogP contribution in [0.5, 0.6) is 0 Å². The number of hydrogen-bond donors (Lipinski definition) is 2. The van der Waals surface area contributed by atoms with Crippen molar-refractivity contribution in [1.82, 2.24) is 25.4 Å². The molecule has 0 amide bonds. The van der Waals surface area contributed by atoms with Crippen LogP contribution >= 0.6 is 0 Å². The van der Waals surface area contributed by atoms with Gasteiger partial charge in [-0.25, -0.2) is 9.67 Å². The molecule has 1 aromatic heterocycles. The van der Waals surface area contributed by atoms with Gasteiger partial charge in [0.1, 0.15) is 12.4 Å². The third-order valence-corrected chi connectivity index (χ3v) is 5.34. The summed E-state index contributed by atoms with van der Waals surface area (Å²) in [4.78, 5) is 8.94. The quantitative estimate of drug-likeness (QED) is 0.626. The molecule has 7 heteroatoms. The van der Waals surface area contributed by atoms with Gasteiger partial charge in [-0.1, -0.05) is 19.8 Å². The fraction of sp³-hybridized carbons (Fsp3) is 0.833. The Balaban J connectivity index is 1.48. The molecule has 1 aliphatic carbocycles. The normalized spacial score (nSPS) is 27.0. The molecule has 0 bridgehead atoms. The van der Waals surface area contributed by atoms with E-state index in [9.17, 15) is 0 Å². The van der Waals surface area contributed by atoms with Crippen molar-refractivity contribution in [1.29, 1.82) is 0 Å². The summed E-state index contributed by atoms with van der Waals surface area (Å²) in [6, 6.07) is 0.334. The number of aliphatic imine (C=N–C) groups is 1. The van der Waals surface area contributed by atoms with E-state index in [0.717, 1.165) is 55.4 Å². The summed E-state index contributed by atoms with van der Waals surface area (Å²) in [5, 5.41) is 11.6. The van der Waals surface area contributed by atoms with Gasteiger partial charge in [-0.15, -0.1) is 0 Å². The zero-order valence-electron chi connectivity index (χ0n) is 15.8. The van der Waals surface area contributed by atoms with Gasteiger partial charge < -0.3 is 15.4 Å². The molecule has 1 saturated carbocycles. The molecule has 3 unspecified atom stereocenters. The van der Waals surface area contributed by atoms with Gasteiger partial charge in [-0.3, -0.25) is 4.99 Å². The number of methoxy groups -OCH3 is 1. The molecule has 3 rings (SSSR count). The third-order valence-electron chi connectivity index (χ3n) is 5.34. The van der Waals surface area contributed by atoms with Gasteiger partial charge in [-0.2, -0.15) is 5.10 Å². The van der Waals surface area contributed by atoms with Gasteiger partial charge >= 0.3 is 0 Å². The van der Waals surface area contributed by atoms with Crippen molar-refractivity contribution in [3.05, 3.63) is 11.6 Å². The highest BCUT2D eigenvalue weighted by Crippen LogP contribution is 2.27. The van der Waals surface area contributed by atoms with Crippen molar-refractivity contribution in [2.75, 3.05) is 20.7 Å². The van der Waals surface area contributed by atoms with Crippen molar-refractivity contribution >= 4 is 5.96 Å². The molecule has 0 aromatic carbocycles. The van der Waals surface area contributed by atoms with Gasteiger partial charge in [0.05, 0.1) is 6.54 Å². The van der Waals surface area contributed by atoms with Crippen molar-refractivity contribution in [2.24, 2.45) is 16.8 Å². The predicted octanol–water partition coefficient (Wildman–Crippen LogP) is 1.73. The molecule has 1 aromatic rings. The molecule has 3 atom stereocenters. The molecule has 1 fully saturated rings. The highest BCUT2D eigenvalue weighted by Gasteiger charge is 2.23. The van der Waals surface area contributed by atoms with E-state index >= 15 is 0 Å². The highest BCUT2D eigenvalue weighted by molar-refractivity contribution is 5.79. The van der Waals surface area contributed by atoms with E-state index in [-0.39, 0.29) is 0 Å². The second-order valence-corrected chi connectivity index (χ2v) is 7.53. The first-order chi connectivity index (χ1) is 12.2. The average molecular weight is 348 g/mol. The van der Waals surface area contributed by atoms with Crippen LogP contribution in [-0.4, -0.2) is 47.5 Å². The molecule has 1 aliphatic heterocycles. The number of ether oxygens (including phenoxy) is 1. The summed E-state index contributed by atoms with van der Waals surface area (Å²) in [6.45, 7) is 4.69. The summed E-state index contributed by atoms with van der Waals surface area (Å²) in [6.07, 6.45) is 7.40. The minimum atomic E-state index is 0.334. The topological polar surface area (TPSA) is 76.4 Å². The summed E-state index contributed by atoms with van der Waals surface area (Å²) in [7, 11) is 3.52. The second kappa shape index (κ2) is 8.65. The first-order valence-corrected chi connectivity index (χ1v) is 9.56. The number of rotatable bonds is 5. The average Bonchev–Trinajstić information content (AvgIpc) is 3.00. The van der Waals surface area contributed by atoms with E-state index in [1.54, 1.807) is 7.11 Å². The van der Waals surface area contributed by atoms with E-state index in [2.05, 4.69) is 32.6 Å². The maximum atomic E-state index is 5.13. The number of nitrogens with one attached hydrogen (secondary N) is 2. The summed E-state index contributed by atoms with van der Waals surface area (Å²) >= 11 is 0. The predicted molar refractivity (Wildman–Crippen MR) is 98.5 cm³/mol. The monoisotopic (exact) mass is 348 g/mol. The largest absolute Gasteiger partial charge is 0.377 e. The van der Waals surface area contributed by atoms with E-state index < -0.39 is 0 Å². The van der Waals surface area contributed by atoms with Crippen LogP contribution in [0.1, 0.15) is 50.7 Å². The van der Waals surface area contributed by atoms with Crippen molar-refractivity contribution in [2.45, 2.75) is 64.6 Å². The van der Waals surface area contributed by atoms with E-state index in [1.807, 2.05) is 11.7 Å². The molecule has 0 saturated heterocycles. The fourth-order valence-corrected chi connectivity index (χ4v) is 4.04. The lowest BCUT2D eigenvalue weighted by atomic mass is 9.82. The summed E-state index contributed by atoms with van der Waals surface area (Å²) in [5.41, 5.74) is 0. The Bertz CT molecular complexity index is 584. The van der Waals surface area contributed by atoms with Crippen LogP contribution in [0.25, 0.3) is 0 Å². The van der Waals surface area contributed by atoms with Gasteiger partial charge in [0.25, 0.3) is 0 Å². The number of nitrogens with zero attached hydrogens (tertiary/aromatic N) is 4. The van der Waals surface area contributed by atoms with Crippen LogP contribution in [0.4, 0.5) is 0 Å². The molecule has 140 valence electrons. The highest BCUT2D eigenvalue weighted by atomic mass is 16.5. The van der Waals surface area contributed by atoms with Crippen molar-refractivity contribution in [3.8, 4) is 0 Å². The minimum Gasteiger partial charge on any atom is -0.377 e. The molecule has 0 spiro atoms. The fourth-order valence-electron chi connectivity index (χ4n) is 4.04. The van der Waals surface area contributed by atoms with Crippen LogP contribution in [0.2, 0.25) is 0 Å². The Labute approximate surface area is 150 Å². The lowest BCUT2D eigenvalue weighted by molar-refractivity contribution is 0.177. The zero-order valence-corrected chi connectivity index (χ0v) is 15.8. The van der Waals surface area contributed by atoms with Crippen LogP contribution < -0.4 is 10.6 Å². The van der Waals surface area contributed by atoms with Crippen LogP contribution in [0.3, 0.4) is 0 Å². The van der Waals surface area contributed by atoms with Crippen molar-refractivity contribution < 1.29 is 4.74 Å². The third kappa shape index (κ3) is 4.93. The Kier molecular flexibility index (Phi) is 6.29. The van der Waals surface area contributed by atoms with E-state index in [1.165, 1.54) is 25.7 Å². The van der Waals surface area contributed by atoms with Gasteiger partial charge in [0.15, 0.2) is 11.8 Å². The first kappa shape index (κ1) is 18.2. The van der Waals surface area contributed by atoms with Crippen LogP contribution in [0.15, 0.2) is 4.99 Å². The lowest BCUT2D eigenvalue weighted by Crippen LogP contribution is -2.48. The number of fused-ring (bicyclic) bond motifs is 1. The van der Waals surface area contributed by atoms with Gasteiger partial charge in [-0.05, 0) is 31.1 Å². The van der Waals surface area contributed by atoms with Gasteiger partial charge in [0.2, 0.25) is 0 Å². The molecule has 25 heavy (non-hydrogen) atoms. The molecule has 2 heterocycles. The Morgan fingerprint density at radius 1 is 1.36 bits per heavy atom. The molecule has 7 nitrogen and oxygen atoms in total. The minimum absolute atomic E-state index is 0.334. The molecule has 2 N–H and O–H groups in total. The standard InChI is InChI=1S/C18H32N6O/c1-13-5-4-6-14(9-13)10-20-18(19-2)21-15-7-8-17-22-16(12-25-3)23-24(17)11-15/h13-15H,4-12H2,1-3H3,(H2,19,20,21). The second-order valence-electron chi connectivity index (χ2n) is 7.53. The molecule has 2 aliphatic rings. The molecular weight excluding hydrogens is 316 g/mol. The van der Waals surface area contributed by atoms with E-state index in [0.29, 0.717) is 12.6 Å². The maximum Gasteiger partial charge on any atom is 0.191 e. The summed E-state index contributed by atoms with van der Waals surface area (Å²) in [5.74, 6) is 4.37. The number of hydrogen-bond acceptors (Lipinski definition) is 4. The van der Waals surface area contributed by atoms with Gasteiger partial charge in [0, 0.05) is 33.2 Å². The molecule has 0 radical (unpaired) electrons. The smallest absolute Gasteiger partial charge is 0.191 e. The lowest BCUT2D eigenvalue weighted by Gasteiger charge is -2.29. The van der Waals surface area contributed by atoms with Crippen LogP contribution in [0, 0.1) is 11.8 Å². The van der Waals surface area contributed by atoms with Crippen molar-refractivity contribution in [3.63, 3.8) is 0 Å². The number of aromatic nitrogens is 3. The Hall–Kier alpha value is -1.63. The zero-order chi connectivity index (χ0) is 17.6. The van der Waals surface area contributed by atoms with Crippen LogP contribution in [-0.2, 0) is 24.3 Å². The SMILES string of the molecule is CN=C(NCC1CCCC(C)C1)NC1CCc2nc(COC)nn2C1. The summed E-state index contributed by atoms with van der Waals surface area (Å²) < 4.78 is 7.13. The number of aryl methyl sites for hydroxylation is 1. The van der Waals surface area contributed by atoms with E-state index in [4.69, 9.17) is 4.74 Å². The molecular formula is C18H32N6O. The maximum absolute atomic E-state index is 5.13. The Morgan fingerprint density at radius 2 is 2.24 bits per heavy atom. The first-order valence-electron chi connectivity index (χ1n) is 9.56. The number of guanidine groups is 1.